The summed E-state index contributed by atoms with van der Waals surface area (Å²) in [4.78, 5) is 20.4. The van der Waals surface area contributed by atoms with E-state index in [9.17, 15) is 4.79 Å². The number of Topliss-reactive ketones (excluding diaryl/α,β-unsaturated/α-hetero) is 1. The number of anilines is 1. The number of carbonyl (C=O) groups is 1. The Morgan fingerprint density at radius 2 is 1.96 bits per heavy atom. The Morgan fingerprint density at radius 3 is 2.56 bits per heavy atom. The Bertz CT molecular complexity index is 912. The highest BCUT2D eigenvalue weighted by Gasteiger charge is 2.39. The van der Waals surface area contributed by atoms with Gasteiger partial charge in [-0.1, -0.05) is 13.8 Å². The minimum atomic E-state index is -0.201. The summed E-state index contributed by atoms with van der Waals surface area (Å²) in [5, 5.41) is 10.3. The molecule has 6 heteroatoms. The largest absolute Gasteiger partial charge is 0.395 e. The monoisotopic (exact) mass is 372 g/mol. The first kappa shape index (κ1) is 17.9. The first-order valence-corrected chi connectivity index (χ1v) is 9.64. The summed E-state index contributed by atoms with van der Waals surface area (Å²) in [7, 11) is 1.99. The fourth-order valence-electron chi connectivity index (χ4n) is 3.07. The van der Waals surface area contributed by atoms with Gasteiger partial charge in [-0.25, -0.2) is 4.85 Å². The minimum absolute atomic E-state index is 0.101. The fourth-order valence-corrected chi connectivity index (χ4v) is 5.79. The van der Waals surface area contributed by atoms with Crippen LogP contribution >= 0.6 is 22.7 Å². The number of nitrogens with zero attached hydrogens (tertiary/aromatic N) is 2. The highest BCUT2D eigenvalue weighted by atomic mass is 32.1. The molecule has 0 aliphatic heterocycles. The molecule has 0 atom stereocenters. The van der Waals surface area contributed by atoms with Crippen molar-refractivity contribution in [2.24, 2.45) is 0 Å². The van der Waals surface area contributed by atoms with Gasteiger partial charge >= 0.3 is 0 Å². The van der Waals surface area contributed by atoms with Gasteiger partial charge in [0.25, 0.3) is 0 Å². The second-order valence-corrected chi connectivity index (χ2v) is 8.80. The molecule has 0 aromatic carbocycles. The molecule has 0 saturated carbocycles. The molecule has 2 heterocycles. The van der Waals surface area contributed by atoms with E-state index in [1.165, 1.54) is 27.8 Å². The lowest BCUT2D eigenvalue weighted by molar-refractivity contribution is -0.113. The zero-order valence-corrected chi connectivity index (χ0v) is 16.3. The van der Waals surface area contributed by atoms with Gasteiger partial charge in [-0.2, -0.15) is 0 Å². The molecule has 130 valence electrons. The van der Waals surface area contributed by atoms with Crippen LogP contribution in [-0.4, -0.2) is 31.1 Å². The molecule has 1 aliphatic carbocycles. The Morgan fingerprint density at radius 1 is 1.32 bits per heavy atom. The highest BCUT2D eigenvalue weighted by Crippen LogP contribution is 2.57. The fraction of sp³-hybridized carbons (Fsp3) is 0.368. The summed E-state index contributed by atoms with van der Waals surface area (Å²) in [6.07, 6.45) is 1.69. The summed E-state index contributed by atoms with van der Waals surface area (Å²) in [5.74, 6) is -0.201. The van der Waals surface area contributed by atoms with Crippen LogP contribution in [0, 0.1) is 6.57 Å². The number of aliphatic hydroxyl groups excluding tert-OH is 1. The topological polar surface area (TPSA) is 44.9 Å². The maximum Gasteiger partial charge on any atom is 0.230 e. The molecule has 3 rings (SSSR count). The molecule has 0 radical (unpaired) electrons. The lowest BCUT2D eigenvalue weighted by Gasteiger charge is -2.20. The van der Waals surface area contributed by atoms with E-state index in [0.29, 0.717) is 6.54 Å². The molecule has 1 N–H and O–H groups in total. The van der Waals surface area contributed by atoms with Gasteiger partial charge in [0.05, 0.1) is 23.1 Å². The predicted molar refractivity (Wildman–Crippen MR) is 105 cm³/mol. The van der Waals surface area contributed by atoms with Crippen LogP contribution in [0.15, 0.2) is 17.8 Å². The molecule has 25 heavy (non-hydrogen) atoms. The molecule has 1 aliphatic rings. The molecule has 4 nitrogen and oxygen atoms in total. The van der Waals surface area contributed by atoms with Crippen molar-refractivity contribution in [3.05, 3.63) is 45.3 Å². The summed E-state index contributed by atoms with van der Waals surface area (Å²) >= 11 is 3.37. The van der Waals surface area contributed by atoms with E-state index >= 15 is 0 Å². The maximum atomic E-state index is 11.5. The van der Waals surface area contributed by atoms with Crippen LogP contribution in [0.3, 0.4) is 0 Å². The summed E-state index contributed by atoms with van der Waals surface area (Å²) < 4.78 is 0. The zero-order chi connectivity index (χ0) is 18.4. The number of fused-ring (bicyclic) bond motifs is 3. The summed E-state index contributed by atoms with van der Waals surface area (Å²) in [5.41, 5.74) is 2.64. The molecule has 2 aromatic heterocycles. The standard InChI is InChI=1S/C19H20N2O2S2/c1-11(23)15(20-4)9-12-8-13-17(24-12)18-14(19(13,2)3)10-16(25-18)21(5)6-7-22/h8-10,22H,6-7H2,1-3,5H3/b15-9-. The Balaban J connectivity index is 2.07. The lowest BCUT2D eigenvalue weighted by Crippen LogP contribution is -2.20. The number of carbonyl (C=O) groups excluding carboxylic acids is 1. The van der Waals surface area contributed by atoms with Crippen molar-refractivity contribution in [2.75, 3.05) is 25.1 Å². The van der Waals surface area contributed by atoms with E-state index in [4.69, 9.17) is 11.7 Å². The van der Waals surface area contributed by atoms with E-state index in [-0.39, 0.29) is 23.5 Å². The van der Waals surface area contributed by atoms with Crippen LogP contribution in [0.5, 0.6) is 0 Å². The molecule has 0 amide bonds. The van der Waals surface area contributed by atoms with Crippen LogP contribution in [0.25, 0.3) is 20.7 Å². The van der Waals surface area contributed by atoms with Gasteiger partial charge in [-0.05, 0) is 36.3 Å². The molecule has 0 bridgehead atoms. The molecule has 0 unspecified atom stereocenters. The van der Waals surface area contributed by atoms with Crippen molar-refractivity contribution >= 4 is 39.5 Å². The van der Waals surface area contributed by atoms with Crippen molar-refractivity contribution < 1.29 is 9.90 Å². The molecular formula is C19H20N2O2S2. The van der Waals surface area contributed by atoms with Gasteiger partial charge in [0.1, 0.15) is 0 Å². The van der Waals surface area contributed by atoms with Crippen LogP contribution < -0.4 is 4.90 Å². The molecule has 2 aromatic rings. The van der Waals surface area contributed by atoms with Crippen LogP contribution in [0.2, 0.25) is 0 Å². The third-order valence-electron chi connectivity index (χ3n) is 4.59. The van der Waals surface area contributed by atoms with Gasteiger partial charge in [-0.15, -0.1) is 22.7 Å². The van der Waals surface area contributed by atoms with Gasteiger partial charge < -0.3 is 14.8 Å². The van der Waals surface area contributed by atoms with Crippen LogP contribution in [0.1, 0.15) is 36.8 Å². The third kappa shape index (κ3) is 2.93. The van der Waals surface area contributed by atoms with E-state index in [1.54, 1.807) is 28.7 Å². The molecule has 0 saturated heterocycles. The van der Waals surface area contributed by atoms with Gasteiger partial charge in [-0.3, -0.25) is 0 Å². The number of thiophene rings is 2. The van der Waals surface area contributed by atoms with Crippen molar-refractivity contribution in [3.8, 4) is 9.75 Å². The average Bonchev–Trinajstić information content (AvgIpc) is 3.20. The number of hydrogen-bond donors (Lipinski definition) is 1. The van der Waals surface area contributed by atoms with Crippen molar-refractivity contribution in [3.63, 3.8) is 0 Å². The van der Waals surface area contributed by atoms with Gasteiger partial charge in [0, 0.05) is 28.8 Å². The Labute approximate surface area is 155 Å². The Kier molecular flexibility index (Phi) is 4.58. The predicted octanol–water partition coefficient (Wildman–Crippen LogP) is 4.39. The number of hydrogen-bond acceptors (Lipinski definition) is 5. The van der Waals surface area contributed by atoms with Crippen molar-refractivity contribution in [2.45, 2.75) is 26.2 Å². The zero-order valence-electron chi connectivity index (χ0n) is 14.7. The molecule has 0 spiro atoms. The summed E-state index contributed by atoms with van der Waals surface area (Å²) in [6, 6.07) is 4.33. The van der Waals surface area contributed by atoms with E-state index in [0.717, 1.165) is 9.88 Å². The number of rotatable bonds is 5. The molecular weight excluding hydrogens is 352 g/mol. The highest BCUT2D eigenvalue weighted by molar-refractivity contribution is 7.25. The first-order valence-electron chi connectivity index (χ1n) is 8.00. The van der Waals surface area contributed by atoms with E-state index in [1.807, 2.05) is 7.05 Å². The van der Waals surface area contributed by atoms with E-state index < -0.39 is 0 Å². The summed E-state index contributed by atoms with van der Waals surface area (Å²) in [6.45, 7) is 13.7. The smallest absolute Gasteiger partial charge is 0.230 e. The number of likely N-dealkylation sites (N-methyl/N-ethyl adjacent to an activating group) is 1. The van der Waals surface area contributed by atoms with Crippen LogP contribution in [0.4, 0.5) is 5.00 Å². The lowest BCUT2D eigenvalue weighted by atomic mass is 9.84. The second-order valence-electron chi connectivity index (χ2n) is 6.69. The quantitative estimate of drug-likeness (QED) is 0.625. The molecule has 0 fully saturated rings. The first-order chi connectivity index (χ1) is 11.8. The van der Waals surface area contributed by atoms with Gasteiger partial charge in [0.15, 0.2) is 5.78 Å². The van der Waals surface area contributed by atoms with Gasteiger partial charge in [0.2, 0.25) is 5.70 Å². The number of ketones is 1. The maximum absolute atomic E-state index is 11.5. The van der Waals surface area contributed by atoms with Crippen molar-refractivity contribution in [1.29, 1.82) is 0 Å². The minimum Gasteiger partial charge on any atom is -0.395 e. The van der Waals surface area contributed by atoms with Crippen molar-refractivity contribution in [1.82, 2.24) is 0 Å². The van der Waals surface area contributed by atoms with E-state index in [2.05, 4.69) is 35.7 Å². The Hall–Kier alpha value is -1.94. The average molecular weight is 373 g/mol. The number of aliphatic hydroxyl groups is 1. The number of allylic oxidation sites excluding steroid dienone is 1. The normalized spacial score (nSPS) is 14.8. The third-order valence-corrected chi connectivity index (χ3v) is 7.09. The SMILES string of the molecule is [C-]#[N+]/C(=C\c1cc2c(s1)-c1sc(N(C)CCO)cc1C2(C)C)C(C)=O. The second kappa shape index (κ2) is 6.41. The van der Waals surface area contributed by atoms with Crippen LogP contribution in [-0.2, 0) is 10.2 Å².